The Morgan fingerprint density at radius 1 is 0.750 bits per heavy atom. The summed E-state index contributed by atoms with van der Waals surface area (Å²) in [5.74, 6) is -0.295. The normalized spacial score (nSPS) is 16.7. The number of hydrogen-bond acceptors (Lipinski definition) is 5. The zero-order valence-electron chi connectivity index (χ0n) is 29.8. The molecule has 40 heavy (non-hydrogen) atoms. The van der Waals surface area contributed by atoms with Crippen LogP contribution < -0.4 is 0 Å². The molecule has 8 heteroatoms. The number of ether oxygens (including phenoxy) is 1. The summed E-state index contributed by atoms with van der Waals surface area (Å²) in [4.78, 5) is 12.0. The summed E-state index contributed by atoms with van der Waals surface area (Å²) in [6, 6.07) is 0. The molecule has 3 atom stereocenters. The zero-order valence-corrected chi connectivity index (χ0v) is 32.8. The number of rotatable bonds is 16. The molecule has 0 aliphatic rings. The first kappa shape index (κ1) is 39.7. The Kier molecular flexibility index (Phi) is 15.4. The lowest BCUT2D eigenvalue weighted by molar-refractivity contribution is -0.134. The third kappa shape index (κ3) is 11.1. The molecule has 0 unspecified atom stereocenters. The maximum atomic E-state index is 12.0. The van der Waals surface area contributed by atoms with Gasteiger partial charge in [-0.3, -0.25) is 0 Å². The molecule has 0 saturated carbocycles. The fourth-order valence-corrected chi connectivity index (χ4v) is 13.3. The summed E-state index contributed by atoms with van der Waals surface area (Å²) in [6.07, 6.45) is 5.08. The molecular weight excluding hydrogens is 549 g/mol. The molecule has 0 aromatic heterocycles. The Hall–Kier alpha value is -0.259. The molecule has 0 radical (unpaired) electrons. The number of hydrogen-bond donors (Lipinski definition) is 0. The van der Waals surface area contributed by atoms with Crippen LogP contribution in [0.15, 0.2) is 12.2 Å². The number of methoxy groups -OCH3 is 1. The van der Waals surface area contributed by atoms with Gasteiger partial charge in [-0.25, -0.2) is 4.79 Å². The highest BCUT2D eigenvalue weighted by molar-refractivity contribution is 6.77. The highest BCUT2D eigenvalue weighted by Crippen LogP contribution is 2.45. The fraction of sp³-hybridized carbons (Fsp3) is 0.906. The van der Waals surface area contributed by atoms with Crippen molar-refractivity contribution in [1.29, 1.82) is 0 Å². The van der Waals surface area contributed by atoms with Crippen LogP contribution in [0, 0.1) is 5.92 Å². The van der Waals surface area contributed by atoms with Gasteiger partial charge in [-0.1, -0.05) is 96.1 Å². The molecule has 0 spiro atoms. The molecule has 0 aromatic rings. The van der Waals surface area contributed by atoms with Gasteiger partial charge in [0.25, 0.3) is 0 Å². The molecule has 0 saturated heterocycles. The molecule has 0 aliphatic carbocycles. The standard InChI is InChI=1S/C32H68O5Si3/c1-24(2)40(25(3)4,26(5)6)37-29(27(7)19-20-30(33)34-14)23-28(36-39(17,18)32(11,12)13)21-22-35-38(15,16)31(8,9)10/h19-20,24-29H,21-23H2,1-18H3/b20-19-/t27-,28+,29-/m0/s1. The largest absolute Gasteiger partial charge is 0.466 e. The highest BCUT2D eigenvalue weighted by Gasteiger charge is 2.48. The van der Waals surface area contributed by atoms with Crippen molar-refractivity contribution in [3.63, 3.8) is 0 Å². The quantitative estimate of drug-likeness (QED) is 0.0981. The van der Waals surface area contributed by atoms with E-state index < -0.39 is 25.0 Å². The van der Waals surface area contributed by atoms with Gasteiger partial charge in [0.05, 0.1) is 13.2 Å². The second-order valence-electron chi connectivity index (χ2n) is 15.8. The summed E-state index contributed by atoms with van der Waals surface area (Å²) in [5, 5.41) is 0.267. The van der Waals surface area contributed by atoms with E-state index >= 15 is 0 Å². The number of esters is 1. The molecule has 0 amide bonds. The Balaban J connectivity index is 6.53. The van der Waals surface area contributed by atoms with Crippen LogP contribution in [0.2, 0.25) is 52.9 Å². The van der Waals surface area contributed by atoms with Crippen molar-refractivity contribution in [2.45, 2.75) is 168 Å². The van der Waals surface area contributed by atoms with Crippen molar-refractivity contribution in [2.24, 2.45) is 5.92 Å². The third-order valence-corrected chi connectivity index (χ3v) is 25.1. The van der Waals surface area contributed by atoms with Crippen molar-refractivity contribution in [1.82, 2.24) is 0 Å². The Bertz CT molecular complexity index is 770. The summed E-state index contributed by atoms with van der Waals surface area (Å²) in [7, 11) is -4.68. The molecule has 238 valence electrons. The second kappa shape index (κ2) is 15.5. The Labute approximate surface area is 252 Å². The first-order chi connectivity index (χ1) is 17.9. The Morgan fingerprint density at radius 2 is 1.20 bits per heavy atom. The number of carbonyl (C=O) groups excluding carboxylic acids is 1. The van der Waals surface area contributed by atoms with Crippen LogP contribution in [0.4, 0.5) is 0 Å². The highest BCUT2D eigenvalue weighted by atomic mass is 28.4. The van der Waals surface area contributed by atoms with E-state index in [0.717, 1.165) is 12.8 Å². The average molecular weight is 617 g/mol. The van der Waals surface area contributed by atoms with E-state index in [1.165, 1.54) is 7.11 Å². The monoisotopic (exact) mass is 616 g/mol. The maximum Gasteiger partial charge on any atom is 0.330 e. The predicted octanol–water partition coefficient (Wildman–Crippen LogP) is 10.1. The minimum atomic E-state index is -2.18. The van der Waals surface area contributed by atoms with Gasteiger partial charge in [0.15, 0.2) is 16.6 Å². The van der Waals surface area contributed by atoms with E-state index in [1.54, 1.807) is 6.08 Å². The average Bonchev–Trinajstić information content (AvgIpc) is 2.76. The van der Waals surface area contributed by atoms with Gasteiger partial charge in [-0.05, 0) is 71.6 Å². The summed E-state index contributed by atoms with van der Waals surface area (Å²) in [6.45, 7) is 39.9. The van der Waals surface area contributed by atoms with E-state index in [1.807, 2.05) is 6.08 Å². The molecule has 0 fully saturated rings. The first-order valence-electron chi connectivity index (χ1n) is 15.6. The lowest BCUT2D eigenvalue weighted by atomic mass is 9.97. The SMILES string of the molecule is COC(=O)/C=C\[C@H](C)[C@H](C[C@@H](CCO[Si](C)(C)C(C)(C)C)O[Si](C)(C)C(C)(C)C)O[Si](C(C)C)(C(C)C)C(C)C. The molecule has 0 aromatic carbocycles. The second-order valence-corrected chi connectivity index (χ2v) is 30.8. The molecule has 0 rings (SSSR count). The van der Waals surface area contributed by atoms with Crippen molar-refractivity contribution in [3.05, 3.63) is 12.2 Å². The first-order valence-corrected chi connectivity index (χ1v) is 23.6. The van der Waals surface area contributed by atoms with Crippen molar-refractivity contribution in [3.8, 4) is 0 Å². The van der Waals surface area contributed by atoms with E-state index in [9.17, 15) is 4.79 Å². The van der Waals surface area contributed by atoms with Crippen molar-refractivity contribution in [2.75, 3.05) is 13.7 Å². The minimum absolute atomic E-state index is 0.0165. The van der Waals surface area contributed by atoms with Crippen molar-refractivity contribution >= 4 is 30.9 Å². The lowest BCUT2D eigenvalue weighted by Gasteiger charge is -2.47. The van der Waals surface area contributed by atoms with Crippen LogP contribution in [0.3, 0.4) is 0 Å². The molecule has 5 nitrogen and oxygen atoms in total. The van der Waals surface area contributed by atoms with Crippen LogP contribution in [-0.4, -0.2) is 56.8 Å². The van der Waals surface area contributed by atoms with E-state index in [4.69, 9.17) is 18.0 Å². The lowest BCUT2D eigenvalue weighted by Crippen LogP contribution is -2.52. The predicted molar refractivity (Wildman–Crippen MR) is 181 cm³/mol. The van der Waals surface area contributed by atoms with Crippen LogP contribution in [0.5, 0.6) is 0 Å². The summed E-state index contributed by atoms with van der Waals surface area (Å²) < 4.78 is 26.1. The van der Waals surface area contributed by atoms with Gasteiger partial charge in [0, 0.05) is 18.8 Å². The molecular formula is C32H68O5Si3. The van der Waals surface area contributed by atoms with Gasteiger partial charge in [-0.2, -0.15) is 0 Å². The Morgan fingerprint density at radius 3 is 1.57 bits per heavy atom. The molecule has 0 bridgehead atoms. The summed E-state index contributed by atoms with van der Waals surface area (Å²) >= 11 is 0. The van der Waals surface area contributed by atoms with Gasteiger partial charge < -0.3 is 18.0 Å². The van der Waals surface area contributed by atoms with E-state index in [0.29, 0.717) is 23.2 Å². The van der Waals surface area contributed by atoms with Crippen LogP contribution >= 0.6 is 0 Å². The van der Waals surface area contributed by atoms with Crippen LogP contribution in [0.25, 0.3) is 0 Å². The smallest absolute Gasteiger partial charge is 0.330 e. The van der Waals surface area contributed by atoms with E-state index in [-0.39, 0.29) is 34.2 Å². The van der Waals surface area contributed by atoms with Gasteiger partial charge in [-0.15, -0.1) is 0 Å². The zero-order chi connectivity index (χ0) is 31.9. The molecule has 0 heterocycles. The van der Waals surface area contributed by atoms with E-state index in [2.05, 4.69) is 116 Å². The molecule has 0 aliphatic heterocycles. The van der Waals surface area contributed by atoms with Gasteiger partial charge >= 0.3 is 5.97 Å². The number of carbonyl (C=O) groups is 1. The van der Waals surface area contributed by atoms with Gasteiger partial charge in [0.2, 0.25) is 8.32 Å². The summed E-state index contributed by atoms with van der Waals surface area (Å²) in [5.41, 5.74) is 1.40. The molecule has 0 N–H and O–H groups in total. The fourth-order valence-electron chi connectivity index (χ4n) is 5.20. The topological polar surface area (TPSA) is 54.0 Å². The maximum absolute atomic E-state index is 12.0. The van der Waals surface area contributed by atoms with Gasteiger partial charge in [0.1, 0.15) is 0 Å². The minimum Gasteiger partial charge on any atom is -0.466 e. The van der Waals surface area contributed by atoms with Crippen molar-refractivity contribution < 1.29 is 22.8 Å². The van der Waals surface area contributed by atoms with Crippen LogP contribution in [0.1, 0.15) is 103 Å². The van der Waals surface area contributed by atoms with Crippen LogP contribution in [-0.2, 0) is 22.8 Å². The third-order valence-electron chi connectivity index (χ3n) is 9.86.